The Kier molecular flexibility index (Phi) is 5.01. The Morgan fingerprint density at radius 2 is 2.36 bits per heavy atom. The summed E-state index contributed by atoms with van der Waals surface area (Å²) in [6.45, 7) is 3.80. The van der Waals surface area contributed by atoms with Crippen LogP contribution in [0.5, 0.6) is 5.75 Å². The zero-order valence-electron chi connectivity index (χ0n) is 12.1. The van der Waals surface area contributed by atoms with Gasteiger partial charge in [-0.05, 0) is 12.1 Å². The van der Waals surface area contributed by atoms with Crippen LogP contribution in [0.25, 0.3) is 0 Å². The molecular weight excluding hydrogens is 298 g/mol. The van der Waals surface area contributed by atoms with Gasteiger partial charge in [-0.2, -0.15) is 5.26 Å². The van der Waals surface area contributed by atoms with Gasteiger partial charge in [-0.1, -0.05) is 12.1 Å². The van der Waals surface area contributed by atoms with E-state index in [9.17, 15) is 0 Å². The first-order valence-corrected chi connectivity index (χ1v) is 8.10. The van der Waals surface area contributed by atoms with Crippen molar-refractivity contribution in [2.75, 3.05) is 32.8 Å². The molecule has 2 aromatic rings. The summed E-state index contributed by atoms with van der Waals surface area (Å²) in [6, 6.07) is 9.46. The first-order valence-electron chi connectivity index (χ1n) is 7.22. The first kappa shape index (κ1) is 15.0. The van der Waals surface area contributed by atoms with E-state index in [1.54, 1.807) is 17.4 Å². The van der Waals surface area contributed by atoms with E-state index in [1.807, 2.05) is 29.8 Å². The topological polar surface area (TPSA) is 58.4 Å². The molecule has 0 unspecified atom stereocenters. The van der Waals surface area contributed by atoms with Crippen molar-refractivity contribution in [2.45, 2.75) is 6.10 Å². The minimum atomic E-state index is 0.0557. The van der Waals surface area contributed by atoms with Crippen LogP contribution in [-0.2, 0) is 4.74 Å². The van der Waals surface area contributed by atoms with Gasteiger partial charge >= 0.3 is 0 Å². The minimum Gasteiger partial charge on any atom is -0.491 e. The summed E-state index contributed by atoms with van der Waals surface area (Å²) < 4.78 is 11.5. The van der Waals surface area contributed by atoms with Crippen molar-refractivity contribution < 1.29 is 9.47 Å². The number of morpholine rings is 1. The zero-order valence-corrected chi connectivity index (χ0v) is 13.0. The van der Waals surface area contributed by atoms with Gasteiger partial charge in [-0.25, -0.2) is 4.98 Å². The van der Waals surface area contributed by atoms with Crippen LogP contribution >= 0.6 is 11.3 Å². The average Bonchev–Trinajstić information content (AvgIpc) is 3.10. The van der Waals surface area contributed by atoms with Crippen LogP contribution < -0.4 is 4.74 Å². The Hall–Kier alpha value is -1.94. The first-order chi connectivity index (χ1) is 10.9. The standard InChI is InChI=1S/C16H17N3O2S/c17-11-13-3-1-2-4-14(13)20-8-6-19-7-9-21-15(12-19)16-18-5-10-22-16/h1-5,10,15H,6-9,12H2/t15-/m1/s1. The van der Waals surface area contributed by atoms with Crippen molar-refractivity contribution in [1.29, 1.82) is 5.26 Å². The average molecular weight is 315 g/mol. The SMILES string of the molecule is N#Cc1ccccc1OCCN1CCO[C@@H](c2nccs2)C1. The molecule has 0 bridgehead atoms. The third-order valence-electron chi connectivity index (χ3n) is 3.55. The molecule has 3 rings (SSSR count). The van der Waals surface area contributed by atoms with Crippen molar-refractivity contribution in [3.63, 3.8) is 0 Å². The predicted molar refractivity (Wildman–Crippen MR) is 83.9 cm³/mol. The van der Waals surface area contributed by atoms with Crippen LogP contribution in [0.2, 0.25) is 0 Å². The van der Waals surface area contributed by atoms with Crippen molar-refractivity contribution in [3.05, 3.63) is 46.4 Å². The van der Waals surface area contributed by atoms with Crippen LogP contribution in [0.1, 0.15) is 16.7 Å². The summed E-state index contributed by atoms with van der Waals surface area (Å²) in [4.78, 5) is 6.63. The predicted octanol–water partition coefficient (Wildman–Crippen LogP) is 2.47. The molecule has 1 aromatic carbocycles. The van der Waals surface area contributed by atoms with Gasteiger partial charge in [0.25, 0.3) is 0 Å². The fourth-order valence-electron chi connectivity index (χ4n) is 2.42. The van der Waals surface area contributed by atoms with Crippen LogP contribution in [-0.4, -0.2) is 42.7 Å². The highest BCUT2D eigenvalue weighted by atomic mass is 32.1. The molecule has 0 radical (unpaired) electrons. The van der Waals surface area contributed by atoms with Gasteiger partial charge in [0.1, 0.15) is 29.5 Å². The molecule has 0 aliphatic carbocycles. The Bertz CT molecular complexity index is 639. The van der Waals surface area contributed by atoms with E-state index in [2.05, 4.69) is 16.0 Å². The monoisotopic (exact) mass is 315 g/mol. The number of hydrogen-bond donors (Lipinski definition) is 0. The normalized spacial score (nSPS) is 18.8. The van der Waals surface area contributed by atoms with Crippen molar-refractivity contribution in [3.8, 4) is 11.8 Å². The molecular formula is C16H17N3O2S. The fraction of sp³-hybridized carbons (Fsp3) is 0.375. The Balaban J connectivity index is 1.50. The highest BCUT2D eigenvalue weighted by molar-refractivity contribution is 7.09. The molecule has 1 aliphatic heterocycles. The Morgan fingerprint density at radius 1 is 1.45 bits per heavy atom. The molecule has 5 nitrogen and oxygen atoms in total. The van der Waals surface area contributed by atoms with E-state index in [-0.39, 0.29) is 6.10 Å². The number of nitrogens with zero attached hydrogens (tertiary/aromatic N) is 3. The lowest BCUT2D eigenvalue weighted by Crippen LogP contribution is -2.40. The molecule has 1 fully saturated rings. The second kappa shape index (κ2) is 7.36. The summed E-state index contributed by atoms with van der Waals surface area (Å²) in [7, 11) is 0. The molecule has 1 aromatic heterocycles. The van der Waals surface area contributed by atoms with E-state index < -0.39 is 0 Å². The Labute approximate surface area is 133 Å². The molecule has 2 heterocycles. The smallest absolute Gasteiger partial charge is 0.137 e. The van der Waals surface area contributed by atoms with Gasteiger partial charge in [-0.15, -0.1) is 11.3 Å². The van der Waals surface area contributed by atoms with Crippen molar-refractivity contribution in [2.24, 2.45) is 0 Å². The summed E-state index contributed by atoms with van der Waals surface area (Å²) >= 11 is 1.63. The van der Waals surface area contributed by atoms with Gasteiger partial charge in [0.2, 0.25) is 0 Å². The maximum Gasteiger partial charge on any atom is 0.137 e. The lowest BCUT2D eigenvalue weighted by Gasteiger charge is -2.31. The van der Waals surface area contributed by atoms with Gasteiger partial charge in [-0.3, -0.25) is 4.90 Å². The van der Waals surface area contributed by atoms with Crippen molar-refractivity contribution >= 4 is 11.3 Å². The van der Waals surface area contributed by atoms with Crippen LogP contribution in [0.15, 0.2) is 35.8 Å². The lowest BCUT2D eigenvalue weighted by atomic mass is 10.2. The van der Waals surface area contributed by atoms with Crippen LogP contribution in [0.3, 0.4) is 0 Å². The molecule has 0 amide bonds. The molecule has 0 spiro atoms. The third kappa shape index (κ3) is 3.63. The Morgan fingerprint density at radius 3 is 3.18 bits per heavy atom. The molecule has 1 aliphatic rings. The van der Waals surface area contributed by atoms with E-state index in [4.69, 9.17) is 14.7 Å². The van der Waals surface area contributed by atoms with Crippen LogP contribution in [0.4, 0.5) is 0 Å². The second-order valence-electron chi connectivity index (χ2n) is 4.99. The minimum absolute atomic E-state index is 0.0557. The van der Waals surface area contributed by atoms with Crippen LogP contribution in [0, 0.1) is 11.3 Å². The van der Waals surface area contributed by atoms with Gasteiger partial charge in [0, 0.05) is 31.2 Å². The molecule has 6 heteroatoms. The summed E-state index contributed by atoms with van der Waals surface area (Å²) in [5, 5.41) is 12.0. The van der Waals surface area contributed by atoms with E-state index >= 15 is 0 Å². The summed E-state index contributed by atoms with van der Waals surface area (Å²) in [5.74, 6) is 0.648. The van der Waals surface area contributed by atoms with Crippen molar-refractivity contribution in [1.82, 2.24) is 9.88 Å². The number of hydrogen-bond acceptors (Lipinski definition) is 6. The number of aromatic nitrogens is 1. The lowest BCUT2D eigenvalue weighted by molar-refractivity contribution is -0.0329. The number of ether oxygens (including phenoxy) is 2. The van der Waals surface area contributed by atoms with E-state index in [0.29, 0.717) is 24.5 Å². The number of thiazole rings is 1. The number of nitriles is 1. The number of para-hydroxylation sites is 1. The summed E-state index contributed by atoms with van der Waals surface area (Å²) in [6.07, 6.45) is 1.87. The maximum absolute atomic E-state index is 9.04. The molecule has 0 N–H and O–H groups in total. The molecule has 114 valence electrons. The van der Waals surface area contributed by atoms with Gasteiger partial charge < -0.3 is 9.47 Å². The second-order valence-corrected chi connectivity index (χ2v) is 5.91. The van der Waals surface area contributed by atoms with Gasteiger partial charge in [0.05, 0.1) is 12.2 Å². The highest BCUT2D eigenvalue weighted by Gasteiger charge is 2.23. The third-order valence-corrected chi connectivity index (χ3v) is 4.42. The molecule has 0 saturated carbocycles. The van der Waals surface area contributed by atoms with E-state index in [0.717, 1.165) is 24.6 Å². The number of rotatable bonds is 5. The fourth-order valence-corrected chi connectivity index (χ4v) is 3.10. The summed E-state index contributed by atoms with van der Waals surface area (Å²) in [5.41, 5.74) is 0.574. The highest BCUT2D eigenvalue weighted by Crippen LogP contribution is 2.23. The largest absolute Gasteiger partial charge is 0.491 e. The molecule has 1 atom stereocenters. The zero-order chi connectivity index (χ0) is 15.2. The molecule has 1 saturated heterocycles. The maximum atomic E-state index is 9.04. The molecule has 22 heavy (non-hydrogen) atoms. The van der Waals surface area contributed by atoms with E-state index in [1.165, 1.54) is 0 Å². The van der Waals surface area contributed by atoms with Gasteiger partial charge in [0.15, 0.2) is 0 Å². The quantitative estimate of drug-likeness (QED) is 0.848. The number of benzene rings is 1.